The molecule has 0 aliphatic heterocycles. The molecule has 0 saturated heterocycles. The van der Waals surface area contributed by atoms with Gasteiger partial charge in [0, 0.05) is 61.3 Å². The van der Waals surface area contributed by atoms with E-state index in [-0.39, 0.29) is 11.8 Å². The van der Waals surface area contributed by atoms with Crippen LogP contribution in [0.15, 0.2) is 114 Å². The molecular weight excluding hydrogens is 552 g/mol. The van der Waals surface area contributed by atoms with E-state index in [1.54, 1.807) is 20.4 Å². The van der Waals surface area contributed by atoms with Gasteiger partial charge in [0.05, 0.1) is 5.69 Å². The maximum atomic E-state index is 13.3. The summed E-state index contributed by atoms with van der Waals surface area (Å²) >= 11 is 0. The number of nitrogens with zero attached hydrogens (tertiary/aromatic N) is 3. The van der Waals surface area contributed by atoms with Crippen LogP contribution in [0, 0.1) is 0 Å². The number of methoxy groups -OCH3 is 2. The van der Waals surface area contributed by atoms with Crippen LogP contribution in [0.4, 0.5) is 22.9 Å². The third kappa shape index (κ3) is 6.17. The van der Waals surface area contributed by atoms with Crippen LogP contribution in [0.25, 0.3) is 21.9 Å². The average molecular weight is 587 g/mol. The second kappa shape index (κ2) is 13.5. The predicted octanol–water partition coefficient (Wildman–Crippen LogP) is 8.25. The van der Waals surface area contributed by atoms with E-state index in [1.165, 1.54) is 6.33 Å². The van der Waals surface area contributed by atoms with Crippen molar-refractivity contribution >= 4 is 50.7 Å². The van der Waals surface area contributed by atoms with Crippen molar-refractivity contribution in [1.29, 1.82) is 0 Å². The third-order valence-electron chi connectivity index (χ3n) is 7.76. The first kappa shape index (κ1) is 29.0. The summed E-state index contributed by atoms with van der Waals surface area (Å²) in [5.41, 5.74) is 5.68. The van der Waals surface area contributed by atoms with Crippen LogP contribution < -0.4 is 10.2 Å². The van der Waals surface area contributed by atoms with Gasteiger partial charge in [0.25, 0.3) is 5.91 Å². The average Bonchev–Trinajstić information content (AvgIpc) is 3.46. The van der Waals surface area contributed by atoms with Crippen molar-refractivity contribution in [2.75, 3.05) is 37.7 Å². The van der Waals surface area contributed by atoms with E-state index in [2.05, 4.69) is 33.5 Å². The number of hydrogen-bond donors (Lipinski definition) is 1. The summed E-state index contributed by atoms with van der Waals surface area (Å²) < 4.78 is 17.0. The molecule has 2 heterocycles. The lowest BCUT2D eigenvalue weighted by molar-refractivity contribution is 0.102. The summed E-state index contributed by atoms with van der Waals surface area (Å²) in [6.45, 7) is 1.29. The lowest BCUT2D eigenvalue weighted by Crippen LogP contribution is -2.14. The molecule has 1 amide bonds. The zero-order valence-electron chi connectivity index (χ0n) is 24.8. The highest BCUT2D eigenvalue weighted by molar-refractivity contribution is 6.10. The first-order valence-electron chi connectivity index (χ1n) is 14.6. The summed E-state index contributed by atoms with van der Waals surface area (Å²) in [5, 5.41) is 5.13. The Morgan fingerprint density at radius 1 is 0.864 bits per heavy atom. The molecule has 44 heavy (non-hydrogen) atoms. The van der Waals surface area contributed by atoms with Crippen molar-refractivity contribution in [2.24, 2.45) is 0 Å². The third-order valence-corrected chi connectivity index (χ3v) is 7.76. The molecule has 8 heteroatoms. The van der Waals surface area contributed by atoms with Gasteiger partial charge >= 0.3 is 0 Å². The van der Waals surface area contributed by atoms with E-state index in [9.17, 15) is 4.79 Å². The normalized spacial score (nSPS) is 11.3. The lowest BCUT2D eigenvalue weighted by Gasteiger charge is -2.24. The zero-order valence-corrected chi connectivity index (χ0v) is 24.8. The topological polar surface area (TPSA) is 89.7 Å². The molecule has 0 radical (unpaired) electrons. The molecule has 2 aromatic heterocycles. The fourth-order valence-corrected chi connectivity index (χ4v) is 5.55. The Labute approximate surface area is 256 Å². The number of benzene rings is 4. The molecule has 6 rings (SSSR count). The van der Waals surface area contributed by atoms with E-state index in [0.717, 1.165) is 51.7 Å². The number of furan rings is 1. The number of anilines is 4. The number of aromatic nitrogens is 2. The zero-order chi connectivity index (χ0) is 30.3. The molecule has 0 fully saturated rings. The van der Waals surface area contributed by atoms with Crippen LogP contribution in [0.1, 0.15) is 34.7 Å². The van der Waals surface area contributed by atoms with Crippen LogP contribution in [-0.4, -0.2) is 43.3 Å². The maximum Gasteiger partial charge on any atom is 0.255 e. The minimum atomic E-state index is -0.170. The van der Waals surface area contributed by atoms with Gasteiger partial charge in [0.2, 0.25) is 0 Å². The number of fused-ring (bicyclic) bond motifs is 3. The number of para-hydroxylation sites is 2. The number of amides is 1. The second-order valence-electron chi connectivity index (χ2n) is 10.5. The van der Waals surface area contributed by atoms with E-state index < -0.39 is 0 Å². The van der Waals surface area contributed by atoms with Gasteiger partial charge in [-0.25, -0.2) is 9.97 Å². The minimum absolute atomic E-state index is 0.170. The van der Waals surface area contributed by atoms with Gasteiger partial charge in [0.1, 0.15) is 17.7 Å². The summed E-state index contributed by atoms with van der Waals surface area (Å²) in [6.07, 6.45) is 4.96. The molecule has 1 N–H and O–H groups in total. The predicted molar refractivity (Wildman–Crippen MR) is 174 cm³/mol. The van der Waals surface area contributed by atoms with Gasteiger partial charge in [-0.05, 0) is 78.9 Å². The van der Waals surface area contributed by atoms with Crippen molar-refractivity contribution in [2.45, 2.75) is 18.8 Å². The molecule has 4 aromatic carbocycles. The molecule has 0 aliphatic carbocycles. The Morgan fingerprint density at radius 3 is 2.36 bits per heavy atom. The summed E-state index contributed by atoms with van der Waals surface area (Å²) in [7, 11) is 3.41. The Kier molecular flexibility index (Phi) is 8.91. The highest BCUT2D eigenvalue weighted by Crippen LogP contribution is 2.41. The van der Waals surface area contributed by atoms with E-state index in [0.29, 0.717) is 30.3 Å². The molecule has 0 spiro atoms. The quantitative estimate of drug-likeness (QED) is 0.154. The first-order chi connectivity index (χ1) is 21.7. The fraction of sp³-hybridized carbons (Fsp3) is 0.194. The molecule has 0 atom stereocenters. The molecule has 222 valence electrons. The van der Waals surface area contributed by atoms with Gasteiger partial charge in [-0.15, -0.1) is 0 Å². The van der Waals surface area contributed by atoms with Crippen LogP contribution in [-0.2, 0) is 9.47 Å². The van der Waals surface area contributed by atoms with Crippen molar-refractivity contribution < 1.29 is 18.7 Å². The molecule has 0 bridgehead atoms. The fourth-order valence-electron chi connectivity index (χ4n) is 5.55. The molecule has 0 aliphatic rings. The van der Waals surface area contributed by atoms with Crippen molar-refractivity contribution in [1.82, 2.24) is 9.97 Å². The van der Waals surface area contributed by atoms with Crippen LogP contribution >= 0.6 is 0 Å². The smallest absolute Gasteiger partial charge is 0.255 e. The number of hydrogen-bond acceptors (Lipinski definition) is 7. The van der Waals surface area contributed by atoms with Crippen molar-refractivity contribution in [3.05, 3.63) is 121 Å². The van der Waals surface area contributed by atoms with Gasteiger partial charge in [-0.2, -0.15) is 0 Å². The highest BCUT2D eigenvalue weighted by atomic mass is 16.5. The van der Waals surface area contributed by atoms with Gasteiger partial charge in [-0.3, -0.25) is 9.69 Å². The van der Waals surface area contributed by atoms with Crippen LogP contribution in [0.2, 0.25) is 0 Å². The van der Waals surface area contributed by atoms with Gasteiger partial charge < -0.3 is 19.2 Å². The minimum Gasteiger partial charge on any atom is -0.454 e. The molecule has 0 unspecified atom stereocenters. The van der Waals surface area contributed by atoms with Crippen LogP contribution in [0.3, 0.4) is 0 Å². The summed E-state index contributed by atoms with van der Waals surface area (Å²) in [4.78, 5) is 24.0. The number of nitrogens with one attached hydrogen (secondary N) is 1. The Balaban J connectivity index is 1.28. The second-order valence-corrected chi connectivity index (χ2v) is 10.5. The van der Waals surface area contributed by atoms with Crippen LogP contribution in [0.5, 0.6) is 0 Å². The monoisotopic (exact) mass is 586 g/mol. The van der Waals surface area contributed by atoms with E-state index in [1.807, 2.05) is 83.8 Å². The molecule has 0 saturated carbocycles. The number of ether oxygens (including phenoxy) is 2. The standard InChI is InChI=1S/C36H34N4O4/c1-42-21-18-25(19-22-43-2)26-7-5-8-27(23-26)36(41)39-28-13-15-29(16-14-28)40(34-17-20-37-24-38-34)32-11-6-10-31-30-9-3-4-12-33(30)44-35(31)32/h3-17,20,23-25H,18-19,21-22H2,1-2H3,(H,39,41). The van der Waals surface area contributed by atoms with Gasteiger partial charge in [-0.1, -0.05) is 42.5 Å². The number of carbonyl (C=O) groups excluding carboxylic acids is 1. The first-order valence-corrected chi connectivity index (χ1v) is 14.6. The number of rotatable bonds is 12. The van der Waals surface area contributed by atoms with E-state index >= 15 is 0 Å². The van der Waals surface area contributed by atoms with E-state index in [4.69, 9.17) is 13.9 Å². The van der Waals surface area contributed by atoms with Gasteiger partial charge in [0.15, 0.2) is 5.58 Å². The largest absolute Gasteiger partial charge is 0.454 e. The maximum absolute atomic E-state index is 13.3. The Bertz CT molecular complexity index is 1850. The van der Waals surface area contributed by atoms with Crippen molar-refractivity contribution in [3.8, 4) is 0 Å². The Hall–Kier alpha value is -5.05. The highest BCUT2D eigenvalue weighted by Gasteiger charge is 2.20. The Morgan fingerprint density at radius 2 is 1.61 bits per heavy atom. The lowest BCUT2D eigenvalue weighted by atomic mass is 9.91. The number of carbonyl (C=O) groups is 1. The van der Waals surface area contributed by atoms with Crippen molar-refractivity contribution in [3.63, 3.8) is 0 Å². The molecule has 8 nitrogen and oxygen atoms in total. The SMILES string of the molecule is COCCC(CCOC)c1cccc(C(=O)Nc2ccc(N(c3ccncn3)c3cccc4c3oc3ccccc34)cc2)c1. The summed E-state index contributed by atoms with van der Waals surface area (Å²) in [5.74, 6) is 0.764. The molecule has 6 aromatic rings. The molecular formula is C36H34N4O4. The summed E-state index contributed by atoms with van der Waals surface area (Å²) in [6, 6.07) is 31.5.